The lowest BCUT2D eigenvalue weighted by Crippen LogP contribution is -2.41. The van der Waals surface area contributed by atoms with E-state index in [0.717, 1.165) is 22.2 Å². The minimum absolute atomic E-state index is 0.0221. The lowest BCUT2D eigenvalue weighted by atomic mass is 10.0. The van der Waals surface area contributed by atoms with Crippen molar-refractivity contribution in [3.63, 3.8) is 0 Å². The van der Waals surface area contributed by atoms with Crippen LogP contribution in [0.25, 0.3) is 10.2 Å². The molecular formula is C23H25N3O3S. The minimum Gasteiger partial charge on any atom is -0.370 e. The van der Waals surface area contributed by atoms with E-state index in [-0.39, 0.29) is 17.9 Å². The van der Waals surface area contributed by atoms with E-state index in [9.17, 15) is 9.59 Å². The summed E-state index contributed by atoms with van der Waals surface area (Å²) in [5, 5.41) is 0.928. The maximum absolute atomic E-state index is 13.4. The zero-order valence-electron chi connectivity index (χ0n) is 17.2. The second-order valence-electron chi connectivity index (χ2n) is 7.49. The fourth-order valence-corrected chi connectivity index (χ4v) is 4.95. The number of pyridine rings is 1. The van der Waals surface area contributed by atoms with Gasteiger partial charge in [0.2, 0.25) is 5.91 Å². The Kier molecular flexibility index (Phi) is 6.11. The van der Waals surface area contributed by atoms with Gasteiger partial charge in [-0.05, 0) is 18.1 Å². The van der Waals surface area contributed by atoms with E-state index in [1.807, 2.05) is 37.4 Å². The molecule has 1 fully saturated rings. The molecule has 0 bridgehead atoms. The summed E-state index contributed by atoms with van der Waals surface area (Å²) in [7, 11) is 1.83. The van der Waals surface area contributed by atoms with Gasteiger partial charge in [-0.3, -0.25) is 9.59 Å². The molecule has 7 heteroatoms. The highest BCUT2D eigenvalue weighted by molar-refractivity contribution is 7.20. The Morgan fingerprint density at radius 1 is 1.23 bits per heavy atom. The third-order valence-electron chi connectivity index (χ3n) is 5.46. The van der Waals surface area contributed by atoms with Gasteiger partial charge in [0.25, 0.3) is 5.91 Å². The van der Waals surface area contributed by atoms with Crippen LogP contribution < -0.4 is 0 Å². The molecule has 1 saturated heterocycles. The second-order valence-corrected chi connectivity index (χ2v) is 8.49. The molecule has 0 unspecified atom stereocenters. The number of fused-ring (bicyclic) bond motifs is 1. The van der Waals surface area contributed by atoms with Crippen molar-refractivity contribution in [2.45, 2.75) is 19.4 Å². The molecule has 0 spiro atoms. The summed E-state index contributed by atoms with van der Waals surface area (Å²) in [5.74, 6) is -0.0127. The van der Waals surface area contributed by atoms with Crippen molar-refractivity contribution in [2.75, 3.05) is 33.3 Å². The largest absolute Gasteiger partial charge is 0.370 e. The van der Waals surface area contributed by atoms with Crippen molar-refractivity contribution < 1.29 is 14.3 Å². The van der Waals surface area contributed by atoms with Crippen LogP contribution >= 0.6 is 11.3 Å². The van der Waals surface area contributed by atoms with Crippen molar-refractivity contribution in [3.8, 4) is 0 Å². The Balaban J connectivity index is 1.62. The molecule has 6 nitrogen and oxygen atoms in total. The van der Waals surface area contributed by atoms with Crippen molar-refractivity contribution in [2.24, 2.45) is 0 Å². The van der Waals surface area contributed by atoms with Gasteiger partial charge >= 0.3 is 0 Å². The van der Waals surface area contributed by atoms with Crippen molar-refractivity contribution in [3.05, 3.63) is 64.7 Å². The van der Waals surface area contributed by atoms with Gasteiger partial charge in [0, 0.05) is 44.2 Å². The van der Waals surface area contributed by atoms with Gasteiger partial charge in [0.15, 0.2) is 0 Å². The Morgan fingerprint density at radius 2 is 2.03 bits per heavy atom. The fraction of sp³-hybridized carbons (Fsp3) is 0.348. The molecule has 4 rings (SSSR count). The predicted octanol–water partition coefficient (Wildman–Crippen LogP) is 3.53. The number of carbonyl (C=O) groups is 2. The molecule has 156 valence electrons. The van der Waals surface area contributed by atoms with E-state index in [1.54, 1.807) is 22.9 Å². The van der Waals surface area contributed by atoms with Gasteiger partial charge in [-0.1, -0.05) is 36.4 Å². The van der Waals surface area contributed by atoms with Crippen LogP contribution in [0.2, 0.25) is 0 Å². The first-order valence-electron chi connectivity index (χ1n) is 10.1. The number of thiophene rings is 1. The molecule has 3 aromatic rings. The number of rotatable bonds is 5. The van der Waals surface area contributed by atoms with Gasteiger partial charge in [-0.2, -0.15) is 0 Å². The maximum Gasteiger partial charge on any atom is 0.264 e. The van der Waals surface area contributed by atoms with Crippen molar-refractivity contribution in [1.29, 1.82) is 0 Å². The number of carbonyl (C=O) groups excluding carboxylic acids is 2. The summed E-state index contributed by atoms with van der Waals surface area (Å²) >= 11 is 1.40. The van der Waals surface area contributed by atoms with E-state index in [0.29, 0.717) is 31.1 Å². The fourth-order valence-electron chi connectivity index (χ4n) is 3.76. The van der Waals surface area contributed by atoms with E-state index < -0.39 is 0 Å². The van der Waals surface area contributed by atoms with Crippen LogP contribution in [0.1, 0.15) is 33.8 Å². The quantitative estimate of drug-likeness (QED) is 0.630. The summed E-state index contributed by atoms with van der Waals surface area (Å²) in [6, 6.07) is 14.0. The average Bonchev–Trinajstić information content (AvgIpc) is 3.17. The molecule has 2 amide bonds. The first kappa shape index (κ1) is 20.5. The molecule has 0 aliphatic carbocycles. The molecule has 3 heterocycles. The van der Waals surface area contributed by atoms with Gasteiger partial charge < -0.3 is 14.5 Å². The van der Waals surface area contributed by atoms with Gasteiger partial charge in [0.05, 0.1) is 13.2 Å². The highest BCUT2D eigenvalue weighted by atomic mass is 32.1. The van der Waals surface area contributed by atoms with E-state index >= 15 is 0 Å². The van der Waals surface area contributed by atoms with Gasteiger partial charge in [0.1, 0.15) is 15.8 Å². The topological polar surface area (TPSA) is 62.7 Å². The zero-order chi connectivity index (χ0) is 21.1. The monoisotopic (exact) mass is 423 g/mol. The smallest absolute Gasteiger partial charge is 0.264 e. The molecule has 30 heavy (non-hydrogen) atoms. The summed E-state index contributed by atoms with van der Waals surface area (Å²) in [6.45, 7) is 3.67. The number of aromatic nitrogens is 1. The van der Waals surface area contributed by atoms with Crippen molar-refractivity contribution in [1.82, 2.24) is 14.8 Å². The highest BCUT2D eigenvalue weighted by Gasteiger charge is 2.31. The lowest BCUT2D eigenvalue weighted by molar-refractivity contribution is -0.136. The van der Waals surface area contributed by atoms with Crippen LogP contribution in [0.5, 0.6) is 0 Å². The molecule has 1 aliphatic heterocycles. The van der Waals surface area contributed by atoms with E-state index in [4.69, 9.17) is 4.74 Å². The summed E-state index contributed by atoms with van der Waals surface area (Å²) < 4.78 is 6.02. The Bertz CT molecular complexity index is 1050. The van der Waals surface area contributed by atoms with Crippen molar-refractivity contribution >= 4 is 33.4 Å². The normalized spacial score (nSPS) is 16.6. The molecule has 2 aromatic heterocycles. The summed E-state index contributed by atoms with van der Waals surface area (Å²) in [4.78, 5) is 34.8. The number of hydrogen-bond acceptors (Lipinski definition) is 5. The van der Waals surface area contributed by atoms with Crippen LogP contribution in [0.3, 0.4) is 0 Å². The van der Waals surface area contributed by atoms with E-state index in [1.165, 1.54) is 16.9 Å². The predicted molar refractivity (Wildman–Crippen MR) is 118 cm³/mol. The van der Waals surface area contributed by atoms with Crippen LogP contribution in [-0.2, 0) is 16.0 Å². The highest BCUT2D eigenvalue weighted by Crippen LogP contribution is 2.37. The number of nitrogens with zero attached hydrogens (tertiary/aromatic N) is 3. The number of likely N-dealkylation sites (N-methyl/N-ethyl adjacent to an activating group) is 1. The van der Waals surface area contributed by atoms with Gasteiger partial charge in [-0.25, -0.2) is 4.98 Å². The summed E-state index contributed by atoms with van der Waals surface area (Å²) in [5.41, 5.74) is 2.05. The number of amides is 2. The Morgan fingerprint density at radius 3 is 2.80 bits per heavy atom. The molecule has 1 aliphatic rings. The van der Waals surface area contributed by atoms with Crippen LogP contribution in [-0.4, -0.2) is 59.9 Å². The molecule has 1 atom stereocenters. The van der Waals surface area contributed by atoms with Gasteiger partial charge in [-0.15, -0.1) is 11.3 Å². The van der Waals surface area contributed by atoms with E-state index in [2.05, 4.69) is 17.1 Å². The first-order valence-corrected chi connectivity index (χ1v) is 10.9. The molecular weight excluding hydrogens is 398 g/mol. The Hall–Kier alpha value is -2.77. The SMILES string of the molecule is CC(=O)N1CCO[C@H](c2c(C(=O)N(C)CCc3ccccc3)sc3ncccc23)C1. The summed E-state index contributed by atoms with van der Waals surface area (Å²) in [6.07, 6.45) is 2.20. The lowest BCUT2D eigenvalue weighted by Gasteiger charge is -2.33. The molecule has 1 aromatic carbocycles. The van der Waals surface area contributed by atoms with Crippen LogP contribution in [0.4, 0.5) is 0 Å². The molecule has 0 N–H and O–H groups in total. The Labute approximate surface area is 180 Å². The number of benzene rings is 1. The standard InChI is InChI=1S/C23H25N3O3S/c1-16(27)26-13-14-29-19(15-26)20-18-9-6-11-24-22(18)30-21(20)23(28)25(2)12-10-17-7-4-3-5-8-17/h3-9,11,19H,10,12-15H2,1-2H3/t19-/m0/s1. The number of morpholine rings is 1. The van der Waals surface area contributed by atoms with Crippen LogP contribution in [0.15, 0.2) is 48.7 Å². The second kappa shape index (κ2) is 8.93. The number of ether oxygens (including phenoxy) is 1. The maximum atomic E-state index is 13.4. The average molecular weight is 424 g/mol. The molecule has 0 radical (unpaired) electrons. The zero-order valence-corrected chi connectivity index (χ0v) is 18.0. The third kappa shape index (κ3) is 4.22. The minimum atomic E-state index is -0.331. The third-order valence-corrected chi connectivity index (χ3v) is 6.58. The molecule has 0 saturated carbocycles. The first-order chi connectivity index (χ1) is 14.5. The number of hydrogen-bond donors (Lipinski definition) is 0. The van der Waals surface area contributed by atoms with Crippen LogP contribution in [0, 0.1) is 0 Å².